The molecule has 0 radical (unpaired) electrons. The SMILES string of the molecule is COC(OC)c1cn(C2(C)CC2)c(=O)c2c(Br)c[nH]c12. The average Bonchev–Trinajstić information content (AvgIpc) is 3.05. The van der Waals surface area contributed by atoms with E-state index in [0.29, 0.717) is 5.39 Å². The van der Waals surface area contributed by atoms with Gasteiger partial charge in [0.15, 0.2) is 6.29 Å². The Morgan fingerprint density at radius 2 is 2.05 bits per heavy atom. The van der Waals surface area contributed by atoms with Gasteiger partial charge in [0.25, 0.3) is 5.56 Å². The minimum atomic E-state index is -0.503. The van der Waals surface area contributed by atoms with E-state index in [2.05, 4.69) is 27.8 Å². The summed E-state index contributed by atoms with van der Waals surface area (Å²) in [6, 6.07) is 0. The van der Waals surface area contributed by atoms with E-state index in [4.69, 9.17) is 9.47 Å². The van der Waals surface area contributed by atoms with Crippen LogP contribution in [0.4, 0.5) is 0 Å². The van der Waals surface area contributed by atoms with E-state index in [9.17, 15) is 4.79 Å². The Kier molecular flexibility index (Phi) is 3.27. The lowest BCUT2D eigenvalue weighted by Gasteiger charge is -2.20. The number of rotatable bonds is 4. The van der Waals surface area contributed by atoms with Crippen LogP contribution in [0.5, 0.6) is 0 Å². The fraction of sp³-hybridized carbons (Fsp3) is 0.500. The summed E-state index contributed by atoms with van der Waals surface area (Å²) in [6.45, 7) is 2.10. The Morgan fingerprint density at radius 1 is 1.40 bits per heavy atom. The normalized spacial score (nSPS) is 17.1. The molecule has 0 bridgehead atoms. The zero-order chi connectivity index (χ0) is 14.5. The summed E-state index contributed by atoms with van der Waals surface area (Å²) in [6.07, 6.45) is 5.17. The number of ether oxygens (including phenoxy) is 2. The predicted molar refractivity (Wildman–Crippen MR) is 79.9 cm³/mol. The highest BCUT2D eigenvalue weighted by molar-refractivity contribution is 9.10. The summed E-state index contributed by atoms with van der Waals surface area (Å²) in [5.74, 6) is 0. The van der Waals surface area contributed by atoms with Crippen LogP contribution in [-0.4, -0.2) is 23.8 Å². The summed E-state index contributed by atoms with van der Waals surface area (Å²) >= 11 is 3.44. The molecule has 0 atom stereocenters. The molecule has 0 saturated heterocycles. The van der Waals surface area contributed by atoms with Gasteiger partial charge in [0, 0.05) is 42.2 Å². The van der Waals surface area contributed by atoms with Crippen LogP contribution in [0.15, 0.2) is 21.7 Å². The van der Waals surface area contributed by atoms with Gasteiger partial charge in [-0.1, -0.05) is 0 Å². The van der Waals surface area contributed by atoms with E-state index in [0.717, 1.165) is 28.4 Å². The Hall–Kier alpha value is -1.11. The summed E-state index contributed by atoms with van der Waals surface area (Å²) < 4.78 is 13.3. The van der Waals surface area contributed by atoms with Gasteiger partial charge >= 0.3 is 0 Å². The molecule has 2 aromatic heterocycles. The van der Waals surface area contributed by atoms with E-state index in [1.54, 1.807) is 20.4 Å². The van der Waals surface area contributed by atoms with Crippen molar-refractivity contribution in [3.63, 3.8) is 0 Å². The number of pyridine rings is 1. The fourth-order valence-electron chi connectivity index (χ4n) is 2.57. The molecule has 1 fully saturated rings. The topological polar surface area (TPSA) is 56.2 Å². The molecule has 108 valence electrons. The Balaban J connectivity index is 2.34. The average molecular weight is 341 g/mol. The van der Waals surface area contributed by atoms with Crippen LogP contribution < -0.4 is 5.56 Å². The second-order valence-corrected chi connectivity index (χ2v) is 6.30. The molecular weight excluding hydrogens is 324 g/mol. The number of aromatic amines is 1. The number of fused-ring (bicyclic) bond motifs is 1. The minimum absolute atomic E-state index is 0.0165. The zero-order valence-electron chi connectivity index (χ0n) is 11.7. The standard InChI is InChI=1S/C14H17BrN2O3/c1-14(4-5-14)17-7-8(13(19-2)20-3)11-10(12(17)18)9(15)6-16-11/h6-7,13,16H,4-5H2,1-3H3. The van der Waals surface area contributed by atoms with Crippen molar-refractivity contribution in [2.75, 3.05) is 14.2 Å². The third-order valence-corrected chi connectivity index (χ3v) is 4.68. The first-order valence-corrected chi connectivity index (χ1v) is 7.29. The number of hydrogen-bond donors (Lipinski definition) is 1. The summed E-state index contributed by atoms with van der Waals surface area (Å²) in [7, 11) is 3.18. The second kappa shape index (κ2) is 4.72. The molecule has 5 nitrogen and oxygen atoms in total. The number of H-pyrrole nitrogens is 1. The van der Waals surface area contributed by atoms with Crippen molar-refractivity contribution in [3.8, 4) is 0 Å². The van der Waals surface area contributed by atoms with Crippen molar-refractivity contribution in [1.82, 2.24) is 9.55 Å². The number of methoxy groups -OCH3 is 2. The maximum absolute atomic E-state index is 12.7. The Morgan fingerprint density at radius 3 is 2.60 bits per heavy atom. The largest absolute Gasteiger partial charge is 0.359 e. The van der Waals surface area contributed by atoms with E-state index in [-0.39, 0.29) is 11.1 Å². The molecule has 20 heavy (non-hydrogen) atoms. The van der Waals surface area contributed by atoms with Crippen molar-refractivity contribution in [2.24, 2.45) is 0 Å². The van der Waals surface area contributed by atoms with E-state index in [1.165, 1.54) is 0 Å². The van der Waals surface area contributed by atoms with Crippen LogP contribution in [0.1, 0.15) is 31.6 Å². The van der Waals surface area contributed by atoms with Gasteiger partial charge in [0.2, 0.25) is 0 Å². The number of hydrogen-bond acceptors (Lipinski definition) is 3. The summed E-state index contributed by atoms with van der Waals surface area (Å²) in [5.41, 5.74) is 1.53. The van der Waals surface area contributed by atoms with E-state index < -0.39 is 6.29 Å². The van der Waals surface area contributed by atoms with Crippen LogP contribution in [0, 0.1) is 0 Å². The van der Waals surface area contributed by atoms with Gasteiger partial charge in [-0.15, -0.1) is 0 Å². The molecular formula is C14H17BrN2O3. The molecule has 1 aliphatic rings. The summed E-state index contributed by atoms with van der Waals surface area (Å²) in [5, 5.41) is 0.648. The third-order valence-electron chi connectivity index (χ3n) is 4.06. The quantitative estimate of drug-likeness (QED) is 0.870. The molecule has 0 aliphatic heterocycles. The molecule has 0 aromatic carbocycles. The van der Waals surface area contributed by atoms with Crippen LogP contribution in [0.25, 0.3) is 10.9 Å². The number of nitrogens with zero attached hydrogens (tertiary/aromatic N) is 1. The zero-order valence-corrected chi connectivity index (χ0v) is 13.3. The molecule has 0 unspecified atom stereocenters. The highest BCUT2D eigenvalue weighted by atomic mass is 79.9. The fourth-order valence-corrected chi connectivity index (χ4v) is 3.05. The highest BCUT2D eigenvalue weighted by Crippen LogP contribution is 2.43. The van der Waals surface area contributed by atoms with Crippen molar-refractivity contribution in [2.45, 2.75) is 31.6 Å². The Labute approximate surface area is 125 Å². The first-order chi connectivity index (χ1) is 9.51. The first kappa shape index (κ1) is 13.9. The van der Waals surface area contributed by atoms with E-state index >= 15 is 0 Å². The van der Waals surface area contributed by atoms with Gasteiger partial charge in [-0.05, 0) is 35.7 Å². The van der Waals surface area contributed by atoms with Gasteiger partial charge in [0.05, 0.1) is 10.9 Å². The Bertz CT molecular complexity index is 711. The number of aromatic nitrogens is 2. The second-order valence-electron chi connectivity index (χ2n) is 5.45. The lowest BCUT2D eigenvalue weighted by Crippen LogP contribution is -2.29. The molecule has 1 aliphatic carbocycles. The molecule has 1 N–H and O–H groups in total. The highest BCUT2D eigenvalue weighted by Gasteiger charge is 2.41. The predicted octanol–water partition coefficient (Wildman–Crippen LogP) is 2.89. The summed E-state index contributed by atoms with van der Waals surface area (Å²) in [4.78, 5) is 15.8. The van der Waals surface area contributed by atoms with E-state index in [1.807, 2.05) is 10.8 Å². The molecule has 1 saturated carbocycles. The van der Waals surface area contributed by atoms with Crippen LogP contribution in [0.3, 0.4) is 0 Å². The third kappa shape index (κ3) is 1.94. The van der Waals surface area contributed by atoms with Crippen LogP contribution in [0.2, 0.25) is 0 Å². The van der Waals surface area contributed by atoms with Crippen molar-refractivity contribution >= 4 is 26.8 Å². The molecule has 3 rings (SSSR count). The van der Waals surface area contributed by atoms with Gasteiger partial charge in [-0.2, -0.15) is 0 Å². The maximum Gasteiger partial charge on any atom is 0.261 e. The van der Waals surface area contributed by atoms with Crippen molar-refractivity contribution in [3.05, 3.63) is 32.8 Å². The lowest BCUT2D eigenvalue weighted by atomic mass is 10.1. The maximum atomic E-state index is 12.7. The molecule has 2 aromatic rings. The molecule has 6 heteroatoms. The molecule has 2 heterocycles. The van der Waals surface area contributed by atoms with Gasteiger partial charge in [-0.25, -0.2) is 0 Å². The van der Waals surface area contributed by atoms with Crippen LogP contribution >= 0.6 is 15.9 Å². The number of nitrogens with one attached hydrogen (secondary N) is 1. The monoisotopic (exact) mass is 340 g/mol. The van der Waals surface area contributed by atoms with Gasteiger partial charge < -0.3 is 19.0 Å². The van der Waals surface area contributed by atoms with Crippen molar-refractivity contribution < 1.29 is 9.47 Å². The van der Waals surface area contributed by atoms with Gasteiger partial charge in [-0.3, -0.25) is 4.79 Å². The first-order valence-electron chi connectivity index (χ1n) is 6.50. The lowest BCUT2D eigenvalue weighted by molar-refractivity contribution is -0.105. The smallest absolute Gasteiger partial charge is 0.261 e. The molecule has 0 spiro atoms. The molecule has 0 amide bonds. The van der Waals surface area contributed by atoms with Gasteiger partial charge in [0.1, 0.15) is 0 Å². The van der Waals surface area contributed by atoms with Crippen molar-refractivity contribution in [1.29, 1.82) is 0 Å². The van der Waals surface area contributed by atoms with Crippen LogP contribution in [-0.2, 0) is 15.0 Å². The minimum Gasteiger partial charge on any atom is -0.359 e. The number of halogens is 1.